The van der Waals surface area contributed by atoms with Gasteiger partial charge in [-0.15, -0.1) is 0 Å². The summed E-state index contributed by atoms with van der Waals surface area (Å²) in [6.07, 6.45) is 8.88. The highest BCUT2D eigenvalue weighted by atomic mass is 14.9. The van der Waals surface area contributed by atoms with E-state index in [9.17, 15) is 0 Å². The molecule has 1 saturated carbocycles. The van der Waals surface area contributed by atoms with Crippen molar-refractivity contribution in [2.45, 2.75) is 57.9 Å². The summed E-state index contributed by atoms with van der Waals surface area (Å²) in [5, 5.41) is 12.4. The lowest BCUT2D eigenvalue weighted by molar-refractivity contribution is 0.304. The highest BCUT2D eigenvalue weighted by Gasteiger charge is 2.22. The summed E-state index contributed by atoms with van der Waals surface area (Å²) in [6.45, 7) is 3.19. The molecule has 0 aromatic carbocycles. The van der Waals surface area contributed by atoms with Crippen molar-refractivity contribution in [2.24, 2.45) is 5.92 Å². The standard InChI is InChI=1S/C12H22N2/c1-2-3-9-14-12(10-13)11-7-5-4-6-8-11/h11-12,14H,2-9H2,1H3. The van der Waals surface area contributed by atoms with Crippen molar-refractivity contribution in [3.05, 3.63) is 0 Å². The van der Waals surface area contributed by atoms with E-state index in [1.54, 1.807) is 0 Å². The predicted octanol–water partition coefficient (Wildman–Crippen LogP) is 2.85. The lowest BCUT2D eigenvalue weighted by Crippen LogP contribution is -2.36. The van der Waals surface area contributed by atoms with E-state index in [-0.39, 0.29) is 6.04 Å². The van der Waals surface area contributed by atoms with E-state index >= 15 is 0 Å². The van der Waals surface area contributed by atoms with Crippen LogP contribution in [0.15, 0.2) is 0 Å². The van der Waals surface area contributed by atoms with E-state index in [1.165, 1.54) is 44.9 Å². The van der Waals surface area contributed by atoms with Crippen LogP contribution in [0.2, 0.25) is 0 Å². The Morgan fingerprint density at radius 1 is 1.36 bits per heavy atom. The normalized spacial score (nSPS) is 20.3. The predicted molar refractivity (Wildman–Crippen MR) is 58.9 cm³/mol. The van der Waals surface area contributed by atoms with Gasteiger partial charge in [-0.05, 0) is 31.7 Å². The van der Waals surface area contributed by atoms with Crippen molar-refractivity contribution in [2.75, 3.05) is 6.54 Å². The summed E-state index contributed by atoms with van der Waals surface area (Å²) in [5.41, 5.74) is 0. The molecule has 0 radical (unpaired) electrons. The summed E-state index contributed by atoms with van der Waals surface area (Å²) in [6, 6.07) is 2.53. The highest BCUT2D eigenvalue weighted by Crippen LogP contribution is 2.26. The molecule has 14 heavy (non-hydrogen) atoms. The van der Waals surface area contributed by atoms with Crippen LogP contribution < -0.4 is 5.32 Å². The molecule has 0 spiro atoms. The number of unbranched alkanes of at least 4 members (excludes halogenated alkanes) is 1. The summed E-state index contributed by atoms with van der Waals surface area (Å²) in [4.78, 5) is 0. The fraction of sp³-hybridized carbons (Fsp3) is 0.917. The molecule has 2 nitrogen and oxygen atoms in total. The van der Waals surface area contributed by atoms with E-state index in [2.05, 4.69) is 18.3 Å². The van der Waals surface area contributed by atoms with Gasteiger partial charge in [0.15, 0.2) is 0 Å². The Labute approximate surface area is 87.7 Å². The highest BCUT2D eigenvalue weighted by molar-refractivity contribution is 4.95. The molecule has 0 saturated heterocycles. The van der Waals surface area contributed by atoms with Crippen LogP contribution in [0.25, 0.3) is 0 Å². The van der Waals surface area contributed by atoms with Crippen molar-refractivity contribution in [1.82, 2.24) is 5.32 Å². The number of nitrogens with zero attached hydrogens (tertiary/aromatic N) is 1. The van der Waals surface area contributed by atoms with Crippen LogP contribution in [0.3, 0.4) is 0 Å². The van der Waals surface area contributed by atoms with Gasteiger partial charge in [-0.3, -0.25) is 0 Å². The average Bonchev–Trinajstić information content (AvgIpc) is 2.26. The molecule has 0 aromatic rings. The molecule has 0 aromatic heterocycles. The van der Waals surface area contributed by atoms with Crippen LogP contribution in [0.5, 0.6) is 0 Å². The zero-order valence-corrected chi connectivity index (χ0v) is 9.26. The Hall–Kier alpha value is -0.550. The molecule has 1 atom stereocenters. The van der Waals surface area contributed by atoms with Gasteiger partial charge in [-0.2, -0.15) is 5.26 Å². The number of hydrogen-bond donors (Lipinski definition) is 1. The van der Waals surface area contributed by atoms with Gasteiger partial charge in [0.2, 0.25) is 0 Å². The van der Waals surface area contributed by atoms with Crippen molar-refractivity contribution in [3.8, 4) is 6.07 Å². The molecule has 0 bridgehead atoms. The first kappa shape index (κ1) is 11.5. The van der Waals surface area contributed by atoms with Crippen molar-refractivity contribution < 1.29 is 0 Å². The smallest absolute Gasteiger partial charge is 0.0981 e. The maximum atomic E-state index is 9.07. The molecular weight excluding hydrogens is 172 g/mol. The third-order valence-corrected chi connectivity index (χ3v) is 3.15. The van der Waals surface area contributed by atoms with Crippen LogP contribution >= 0.6 is 0 Å². The molecule has 1 unspecified atom stereocenters. The minimum atomic E-state index is 0.113. The third kappa shape index (κ3) is 3.67. The van der Waals surface area contributed by atoms with E-state index < -0.39 is 0 Å². The summed E-state index contributed by atoms with van der Waals surface area (Å²) >= 11 is 0. The topological polar surface area (TPSA) is 35.8 Å². The zero-order chi connectivity index (χ0) is 10.2. The largest absolute Gasteiger partial charge is 0.302 e. The fourth-order valence-corrected chi connectivity index (χ4v) is 2.22. The fourth-order valence-electron chi connectivity index (χ4n) is 2.22. The van der Waals surface area contributed by atoms with Gasteiger partial charge in [0, 0.05) is 0 Å². The number of rotatable bonds is 5. The maximum absolute atomic E-state index is 9.07. The Kier molecular flexibility index (Phi) is 5.63. The first-order chi connectivity index (χ1) is 6.88. The second-order valence-electron chi connectivity index (χ2n) is 4.31. The molecule has 1 N–H and O–H groups in total. The Balaban J connectivity index is 2.25. The molecule has 2 heteroatoms. The Morgan fingerprint density at radius 3 is 2.64 bits per heavy atom. The van der Waals surface area contributed by atoms with Gasteiger partial charge in [0.1, 0.15) is 0 Å². The molecular formula is C12H22N2. The molecule has 1 fully saturated rings. The number of nitrogens with one attached hydrogen (secondary N) is 1. The maximum Gasteiger partial charge on any atom is 0.0981 e. The van der Waals surface area contributed by atoms with Gasteiger partial charge < -0.3 is 5.32 Å². The van der Waals surface area contributed by atoms with Crippen LogP contribution in [0.4, 0.5) is 0 Å². The zero-order valence-electron chi connectivity index (χ0n) is 9.26. The molecule has 80 valence electrons. The second-order valence-corrected chi connectivity index (χ2v) is 4.31. The summed E-state index contributed by atoms with van der Waals surface area (Å²) < 4.78 is 0. The van der Waals surface area contributed by atoms with E-state index in [0.717, 1.165) is 6.54 Å². The van der Waals surface area contributed by atoms with Gasteiger partial charge in [0.05, 0.1) is 12.1 Å². The quantitative estimate of drug-likeness (QED) is 0.683. The second kappa shape index (κ2) is 6.84. The van der Waals surface area contributed by atoms with Gasteiger partial charge in [0.25, 0.3) is 0 Å². The summed E-state index contributed by atoms with van der Waals surface area (Å²) in [5.74, 6) is 0.616. The van der Waals surface area contributed by atoms with Crippen LogP contribution in [0, 0.1) is 17.2 Å². The minimum absolute atomic E-state index is 0.113. The van der Waals surface area contributed by atoms with Gasteiger partial charge in [-0.1, -0.05) is 32.6 Å². The first-order valence-electron chi connectivity index (χ1n) is 6.01. The molecule has 1 aliphatic carbocycles. The molecule has 0 heterocycles. The summed E-state index contributed by atoms with van der Waals surface area (Å²) in [7, 11) is 0. The minimum Gasteiger partial charge on any atom is -0.302 e. The molecule has 0 aliphatic heterocycles. The molecule has 1 rings (SSSR count). The first-order valence-corrected chi connectivity index (χ1v) is 6.01. The number of hydrogen-bond acceptors (Lipinski definition) is 2. The van der Waals surface area contributed by atoms with Crippen LogP contribution in [0.1, 0.15) is 51.9 Å². The SMILES string of the molecule is CCCCNC(C#N)C1CCCCC1. The monoisotopic (exact) mass is 194 g/mol. The van der Waals surface area contributed by atoms with E-state index in [4.69, 9.17) is 5.26 Å². The van der Waals surface area contributed by atoms with E-state index in [0.29, 0.717) is 5.92 Å². The Bertz CT molecular complexity index is 177. The van der Waals surface area contributed by atoms with Crippen LogP contribution in [-0.4, -0.2) is 12.6 Å². The van der Waals surface area contributed by atoms with Crippen molar-refractivity contribution >= 4 is 0 Å². The van der Waals surface area contributed by atoms with Crippen molar-refractivity contribution in [1.29, 1.82) is 5.26 Å². The molecule has 0 amide bonds. The van der Waals surface area contributed by atoms with Gasteiger partial charge in [-0.25, -0.2) is 0 Å². The van der Waals surface area contributed by atoms with Gasteiger partial charge >= 0.3 is 0 Å². The third-order valence-electron chi connectivity index (χ3n) is 3.15. The lowest BCUT2D eigenvalue weighted by Gasteiger charge is -2.26. The van der Waals surface area contributed by atoms with Crippen molar-refractivity contribution in [3.63, 3.8) is 0 Å². The lowest BCUT2D eigenvalue weighted by atomic mass is 9.84. The average molecular weight is 194 g/mol. The van der Waals surface area contributed by atoms with Crippen LogP contribution in [-0.2, 0) is 0 Å². The van der Waals surface area contributed by atoms with E-state index in [1.807, 2.05) is 0 Å². The number of nitriles is 1. The Morgan fingerprint density at radius 2 is 2.07 bits per heavy atom. The molecule has 1 aliphatic rings.